The largest absolute Gasteiger partial charge is 0.340 e. The minimum atomic E-state index is -0.198. The number of nitrogens with zero attached hydrogens (tertiary/aromatic N) is 7. The molecule has 2 aliphatic carbocycles. The summed E-state index contributed by atoms with van der Waals surface area (Å²) in [6, 6.07) is 126. The van der Waals surface area contributed by atoms with Crippen LogP contribution in [0.25, 0.3) is 70.7 Å². The van der Waals surface area contributed by atoms with Crippen LogP contribution in [0.3, 0.4) is 0 Å². The van der Waals surface area contributed by atoms with Crippen molar-refractivity contribution in [2.24, 2.45) is 0 Å². The summed E-state index contributed by atoms with van der Waals surface area (Å²) in [4.78, 5) is 94.2. The molecule has 25 rings (SSSR count). The molecular weight excluding hydrogens is 2180 g/mol. The van der Waals surface area contributed by atoms with Crippen LogP contribution in [0.5, 0.6) is 0 Å². The number of carbonyl (C=O) groups is 5. The average molecular weight is 2280 g/mol. The Morgan fingerprint density at radius 1 is 0.357 bits per heavy atom. The molecule has 0 saturated carbocycles. The number of anilines is 11. The third-order valence-corrected chi connectivity index (χ3v) is 32.8. The second-order valence-electron chi connectivity index (χ2n) is 31.8. The van der Waals surface area contributed by atoms with Crippen LogP contribution in [0, 0.1) is 2.44 Å². The van der Waals surface area contributed by atoms with Crippen molar-refractivity contribution in [2.75, 3.05) is 53.1 Å². The van der Waals surface area contributed by atoms with Crippen molar-refractivity contribution in [1.82, 2.24) is 19.9 Å². The van der Waals surface area contributed by atoms with Crippen LogP contribution in [0.1, 0.15) is 94.1 Å². The number of ketones is 4. The molecule has 0 bridgehead atoms. The third kappa shape index (κ3) is 26.4. The van der Waals surface area contributed by atoms with E-state index in [1.54, 1.807) is 31.6 Å². The van der Waals surface area contributed by atoms with Gasteiger partial charge in [0.25, 0.3) is 0 Å². The van der Waals surface area contributed by atoms with E-state index in [0.29, 0.717) is 65.8 Å². The van der Waals surface area contributed by atoms with Crippen LogP contribution in [-0.4, -0.2) is 160 Å². The molecule has 2 N–H and O–H groups in total. The number of aromatic nitrogens is 4. The van der Waals surface area contributed by atoms with Gasteiger partial charge in [-0.3, -0.25) is 9.59 Å². The Balaban J connectivity index is 0.000000122. The maximum atomic E-state index is 13.3. The first-order valence-electron chi connectivity index (χ1n) is 45.7. The molecule has 21 aromatic rings. The van der Waals surface area contributed by atoms with Crippen LogP contribution in [0.15, 0.2) is 426 Å². The summed E-state index contributed by atoms with van der Waals surface area (Å²) < 4.78 is 16.7. The van der Waals surface area contributed by atoms with E-state index >= 15 is 0 Å². The number of hydrogen-bond donors (Lipinski definition) is 2. The topological polar surface area (TPSA) is 197 Å². The molecule has 0 unspecified atom stereocenters. The molecule has 2 saturated heterocycles. The Labute approximate surface area is 857 Å². The zero-order chi connectivity index (χ0) is 96.4. The summed E-state index contributed by atoms with van der Waals surface area (Å²) in [5.74, 6) is 3.02. The van der Waals surface area contributed by atoms with Gasteiger partial charge in [-0.2, -0.15) is 0 Å². The van der Waals surface area contributed by atoms with Crippen molar-refractivity contribution in [1.29, 1.82) is 0 Å². The molecule has 12 aromatic carbocycles. The van der Waals surface area contributed by atoms with Gasteiger partial charge in [0.15, 0.2) is 11.6 Å². The van der Waals surface area contributed by atoms with Crippen molar-refractivity contribution in [3.63, 3.8) is 0 Å². The molecule has 2 aliphatic heterocycles. The third-order valence-electron chi connectivity index (χ3n) is 22.4. The average Bonchev–Trinajstić information content (AvgIpc) is 1.60. The number of aliphatic hydroxyl groups is 1. The summed E-state index contributed by atoms with van der Waals surface area (Å²) >= 11 is 3.95. The Morgan fingerprint density at radius 3 is 1.10 bits per heavy atom. The van der Waals surface area contributed by atoms with Crippen molar-refractivity contribution in [2.45, 2.75) is 39.0 Å². The number of carbonyl (C=O) groups excluding carboxylic acids is 5. The van der Waals surface area contributed by atoms with Crippen LogP contribution in [0.4, 0.5) is 59.7 Å². The van der Waals surface area contributed by atoms with Crippen LogP contribution < -0.4 is 20.0 Å². The van der Waals surface area contributed by atoms with Crippen molar-refractivity contribution in [3.8, 4) is 0 Å². The van der Waals surface area contributed by atoms with E-state index in [2.05, 4.69) is 264 Å². The fourth-order valence-electron chi connectivity index (χ4n) is 15.9. The summed E-state index contributed by atoms with van der Waals surface area (Å²) in [7, 11) is 0. The molecule has 0 spiro atoms. The molecule has 16 nitrogen and oxygen atoms in total. The van der Waals surface area contributed by atoms with E-state index in [-0.39, 0.29) is 70.7 Å². The number of fused-ring (bicyclic) bond motifs is 8. The van der Waals surface area contributed by atoms with Gasteiger partial charge in [-0.25, -0.2) is 4.98 Å². The summed E-state index contributed by atoms with van der Waals surface area (Å²) in [5.41, 5.74) is 6.76. The van der Waals surface area contributed by atoms with Crippen LogP contribution >= 0.6 is 22.6 Å². The number of aliphatic hydroxyl groups excluding tert-OH is 1. The number of aldehydes is 1. The second-order valence-corrected chi connectivity index (χ2v) is 44.8. The predicted molar refractivity (Wildman–Crippen MR) is 587 cm³/mol. The maximum absolute atomic E-state index is 13.3. The van der Waals surface area contributed by atoms with Gasteiger partial charge in [-0.15, -0.1) is 0 Å². The Kier molecular flexibility index (Phi) is 36.7. The van der Waals surface area contributed by atoms with Gasteiger partial charge in [0.05, 0.1) is 6.42 Å². The molecule has 0 amide bonds. The number of benzene rings is 12. The molecule has 4 aliphatic rings. The van der Waals surface area contributed by atoms with Gasteiger partial charge >= 0.3 is 600 Å². The van der Waals surface area contributed by atoms with Crippen molar-refractivity contribution < 1.29 is 38.6 Å². The molecule has 2 fully saturated rings. The number of hydrogen-bond acceptors (Lipinski definition) is 16. The normalized spacial score (nSPS) is 12.3. The standard InChI is InChI=1S/C33H20N2O2Se.C20H14N2OSe.C19H14N2Se.C15H12N2.C13H8O2.C4H3ISe.2C4H8O.C4H4Se.C2H6O/c36-32-26-18-22-9-1-2-10-23(22)19-27(26)33(37)28(32)20-24-15-16-31(38-24)35(30-14-5-6-17-34-30)29-13-7-11-21-8-3-4-12-25(21)29;23-14-16-11-12-20(24-16)22(19-10-3-4-13-21-19)18-9-5-7-15-6-1-2-8-17(15)18;1-2-9-16-15(7-1)8-5-10-17(16)21(19-12-6-14-22-19)18-11-3-4-13-20-18;1-2-6-13-11-14(9-8-12(13)5-1)17-15-7-3-4-10-16-15;14-12-7-13(15)11-6-9-4-2-1-3-8(9)5-10(11)12;5-4-2-1-3-6-4;3*1-2-4-5-3-1;1-2-3/h1-20H;1-14H;1-14H;1-11H,(H,16,17);1-6H,7H2;1-3H;2*1-4H2;1-4H;3H,2H2,1H3. The molecule has 9 aromatic heterocycles. The molecule has 11 heterocycles. The molecule has 140 heavy (non-hydrogen) atoms. The van der Waals surface area contributed by atoms with Gasteiger partial charge in [0.1, 0.15) is 5.82 Å². The number of halogens is 1. The number of nitrogens with one attached hydrogen (secondary N) is 1. The number of rotatable bonds is 13. The number of Topliss-reactive ketones (excluding diaryl/α,β-unsaturated/α-hetero) is 4. The summed E-state index contributed by atoms with van der Waals surface area (Å²) in [6.45, 7) is 5.93. The smallest absolute Gasteiger partial charge is 0.130 e. The first kappa shape index (κ1) is 99.7. The Bertz CT molecular complexity index is 7510. The van der Waals surface area contributed by atoms with E-state index in [0.717, 1.165) is 123 Å². The van der Waals surface area contributed by atoms with Gasteiger partial charge < -0.3 is 19.9 Å². The predicted octanol–water partition coefficient (Wildman–Crippen LogP) is 27.0. The fraction of sp³-hybridized carbons (Fsp3) is 0.0932. The maximum Gasteiger partial charge on any atom is 0.130 e. The van der Waals surface area contributed by atoms with Gasteiger partial charge in [-0.1, -0.05) is 60.7 Å². The van der Waals surface area contributed by atoms with Gasteiger partial charge in [0, 0.05) is 56.0 Å². The van der Waals surface area contributed by atoms with Crippen molar-refractivity contribution in [3.05, 3.63) is 460 Å². The van der Waals surface area contributed by atoms with Crippen LogP contribution in [-0.2, 0) is 9.47 Å². The molecule has 0 radical (unpaired) electrons. The zero-order valence-corrected chi connectivity index (χ0v) is 87.2. The fourth-order valence-corrected chi connectivity index (χ4v) is 24.1. The number of ether oxygens (including phenoxy) is 2. The SMILES string of the molecule is C1CCOC1.C1CCOC1.CCO.Ic1ccc[se]1.O=C1C(=Cc2ccc(N(c3ccccn3)c3cccc4ccccc34)[se]2)C(=O)c2cc3ccccc3cc21.O=C1CC(=O)c2cc3ccccc3cc21.O=Cc1ccc(N(c2ccccn2)c2cccc3ccccc23)[se]1.c1cc[se]c1.c1ccc(N(c2ccc[se]2)c2cccc3ccccc23)nc1.c1ccc(Nc2ccc3ccccc3c2)nc1. The van der Waals surface area contributed by atoms with E-state index in [1.807, 2.05) is 200 Å². The van der Waals surface area contributed by atoms with Gasteiger partial charge in [-0.05, 0) is 90.6 Å². The summed E-state index contributed by atoms with van der Waals surface area (Å²) in [6.07, 6.45) is 15.1. The quantitative estimate of drug-likeness (QED) is 0.0276. The van der Waals surface area contributed by atoms with Crippen molar-refractivity contribution >= 4 is 255 Å². The van der Waals surface area contributed by atoms with Gasteiger partial charge in [0.2, 0.25) is 0 Å². The monoisotopic (exact) mass is 2280 g/mol. The molecule has 0 atom stereocenters. The first-order valence-corrected chi connectivity index (χ1v) is 55.9. The van der Waals surface area contributed by atoms with E-state index in [4.69, 9.17) is 14.6 Å². The second kappa shape index (κ2) is 51.6. The van der Waals surface area contributed by atoms with E-state index < -0.39 is 0 Å². The Morgan fingerprint density at radius 2 is 0.736 bits per heavy atom. The van der Waals surface area contributed by atoms with Crippen LogP contribution in [0.2, 0.25) is 0 Å². The minimum Gasteiger partial charge on any atom is -0.340 e. The zero-order valence-electron chi connectivity index (χ0n) is 76.5. The molecule has 694 valence electrons. The summed E-state index contributed by atoms with van der Waals surface area (Å²) in [5, 5.41) is 24.4. The number of allylic oxidation sites excluding steroid dienone is 1. The first-order chi connectivity index (χ1) is 68.9. The Hall–Kier alpha value is -13.3. The van der Waals surface area contributed by atoms with E-state index in [1.165, 1.54) is 70.7 Å². The van der Waals surface area contributed by atoms with E-state index in [9.17, 15) is 24.0 Å². The number of pyridine rings is 4. The molecule has 22 heteroatoms. The molecular formula is C118H97IN8O8Se5. The minimum absolute atomic E-state index is 0.0176.